The molecule has 2 heteroatoms. The number of para-hydroxylation sites is 1. The van der Waals surface area contributed by atoms with Gasteiger partial charge in [-0.1, -0.05) is 36.4 Å². The summed E-state index contributed by atoms with van der Waals surface area (Å²) in [4.78, 5) is 5.85. The number of hydrogen-bond donors (Lipinski definition) is 0. The zero-order valence-electron chi connectivity index (χ0n) is 11.7. The molecular weight excluding hydrogens is 232 g/mol. The predicted octanol–water partition coefficient (Wildman–Crippen LogP) is 3.57. The maximum atomic E-state index is 3.59. The highest BCUT2D eigenvalue weighted by Crippen LogP contribution is 2.30. The Bertz CT molecular complexity index is 747. The molecule has 0 bridgehead atoms. The van der Waals surface area contributed by atoms with Gasteiger partial charge in [0, 0.05) is 10.8 Å². The van der Waals surface area contributed by atoms with Gasteiger partial charge in [-0.2, -0.15) is 0 Å². The van der Waals surface area contributed by atoms with Crippen LogP contribution in [0.15, 0.2) is 42.5 Å². The zero-order chi connectivity index (χ0) is 13.4. The minimum absolute atomic E-state index is 0.984. The van der Waals surface area contributed by atoms with Gasteiger partial charge in [0.1, 0.15) is 5.52 Å². The topological polar surface area (TPSA) is 17.4 Å². The van der Waals surface area contributed by atoms with Crippen molar-refractivity contribution < 1.29 is 4.98 Å². The third-order valence-electron chi connectivity index (χ3n) is 3.84. The highest BCUT2D eigenvalue weighted by Gasteiger charge is 2.17. The van der Waals surface area contributed by atoms with Gasteiger partial charge in [0.05, 0.1) is 19.0 Å². The second kappa shape index (κ2) is 4.54. The molecule has 0 radical (unpaired) electrons. The van der Waals surface area contributed by atoms with Crippen LogP contribution in [0.4, 0.5) is 5.82 Å². The number of anilines is 1. The fraction of sp³-hybridized carbons (Fsp3) is 0.235. The van der Waals surface area contributed by atoms with E-state index in [-0.39, 0.29) is 0 Å². The fourth-order valence-corrected chi connectivity index (χ4v) is 2.67. The molecule has 1 N–H and O–H groups in total. The van der Waals surface area contributed by atoms with Crippen molar-refractivity contribution in [3.63, 3.8) is 0 Å². The van der Waals surface area contributed by atoms with Crippen LogP contribution in [0.5, 0.6) is 0 Å². The van der Waals surface area contributed by atoms with E-state index in [1.54, 1.807) is 0 Å². The Morgan fingerprint density at radius 1 is 1.00 bits per heavy atom. The van der Waals surface area contributed by atoms with Crippen molar-refractivity contribution in [3.05, 3.63) is 48.0 Å². The Morgan fingerprint density at radius 3 is 2.53 bits per heavy atom. The van der Waals surface area contributed by atoms with E-state index in [4.69, 9.17) is 0 Å². The minimum Gasteiger partial charge on any atom is -0.264 e. The molecule has 96 valence electrons. The van der Waals surface area contributed by atoms with Crippen LogP contribution in [0.2, 0.25) is 0 Å². The van der Waals surface area contributed by atoms with Crippen molar-refractivity contribution in [2.75, 3.05) is 18.5 Å². The van der Waals surface area contributed by atoms with Gasteiger partial charge in [-0.05, 0) is 25.5 Å². The third kappa shape index (κ3) is 1.84. The molecule has 0 saturated heterocycles. The quantitative estimate of drug-likeness (QED) is 0.636. The van der Waals surface area contributed by atoms with Crippen LogP contribution in [0.3, 0.4) is 0 Å². The minimum atomic E-state index is 0.984. The van der Waals surface area contributed by atoms with Crippen molar-refractivity contribution in [2.24, 2.45) is 0 Å². The lowest BCUT2D eigenvalue weighted by Gasteiger charge is -2.14. The first-order valence-corrected chi connectivity index (χ1v) is 6.77. The number of pyridine rings is 1. The van der Waals surface area contributed by atoms with Gasteiger partial charge >= 0.3 is 0 Å². The summed E-state index contributed by atoms with van der Waals surface area (Å²) in [6.45, 7) is 5.34. The molecule has 1 aromatic heterocycles. The van der Waals surface area contributed by atoms with Gasteiger partial charge in [-0.25, -0.2) is 4.98 Å². The number of nitrogens with one attached hydrogen (secondary N) is 1. The zero-order valence-corrected chi connectivity index (χ0v) is 11.7. The van der Waals surface area contributed by atoms with Gasteiger partial charge in [0.15, 0.2) is 0 Å². The number of hydrogen-bond acceptors (Lipinski definition) is 1. The van der Waals surface area contributed by atoms with Crippen molar-refractivity contribution in [2.45, 2.75) is 13.8 Å². The van der Waals surface area contributed by atoms with E-state index in [1.165, 1.54) is 33.1 Å². The summed E-state index contributed by atoms with van der Waals surface area (Å²) < 4.78 is 0. The summed E-state index contributed by atoms with van der Waals surface area (Å²) in [5, 5.41) is 3.93. The first-order valence-electron chi connectivity index (χ1n) is 6.77. The van der Waals surface area contributed by atoms with E-state index >= 15 is 0 Å². The number of aromatic amines is 1. The summed E-state index contributed by atoms with van der Waals surface area (Å²) in [5.74, 6) is 1.20. The molecule has 0 aliphatic carbocycles. The van der Waals surface area contributed by atoms with Crippen molar-refractivity contribution in [1.29, 1.82) is 0 Å². The van der Waals surface area contributed by atoms with Crippen LogP contribution >= 0.6 is 0 Å². The molecule has 2 aromatic carbocycles. The lowest BCUT2D eigenvalue weighted by molar-refractivity contribution is -0.328. The van der Waals surface area contributed by atoms with Crippen LogP contribution in [-0.4, -0.2) is 13.6 Å². The summed E-state index contributed by atoms with van der Waals surface area (Å²) in [6.07, 6.45) is 0. The van der Waals surface area contributed by atoms with E-state index in [9.17, 15) is 0 Å². The average molecular weight is 251 g/mol. The monoisotopic (exact) mass is 251 g/mol. The van der Waals surface area contributed by atoms with E-state index in [0.29, 0.717) is 0 Å². The van der Waals surface area contributed by atoms with Gasteiger partial charge in [-0.15, -0.1) is 0 Å². The molecule has 3 aromatic rings. The van der Waals surface area contributed by atoms with Crippen LogP contribution in [0.25, 0.3) is 21.7 Å². The number of aromatic nitrogens is 1. The first kappa shape index (κ1) is 12.0. The van der Waals surface area contributed by atoms with Crippen LogP contribution in [0.1, 0.15) is 12.5 Å². The molecule has 0 atom stereocenters. The second-order valence-corrected chi connectivity index (χ2v) is 5.03. The molecule has 0 unspecified atom stereocenters. The Balaban J connectivity index is 2.52. The van der Waals surface area contributed by atoms with Crippen LogP contribution < -0.4 is 9.88 Å². The lowest BCUT2D eigenvalue weighted by atomic mass is 10.0. The maximum Gasteiger partial charge on any atom is 0.282 e. The summed E-state index contributed by atoms with van der Waals surface area (Å²) >= 11 is 0. The van der Waals surface area contributed by atoms with Gasteiger partial charge in [0.2, 0.25) is 0 Å². The summed E-state index contributed by atoms with van der Waals surface area (Å²) in [6, 6.07) is 15.0. The fourth-order valence-electron chi connectivity index (χ4n) is 2.67. The molecule has 0 spiro atoms. The van der Waals surface area contributed by atoms with Crippen molar-refractivity contribution in [3.8, 4) is 0 Å². The molecule has 2 nitrogen and oxygen atoms in total. The smallest absolute Gasteiger partial charge is 0.264 e. The van der Waals surface area contributed by atoms with E-state index in [1.807, 2.05) is 0 Å². The van der Waals surface area contributed by atoms with Crippen LogP contribution in [0, 0.1) is 6.92 Å². The second-order valence-electron chi connectivity index (χ2n) is 5.03. The van der Waals surface area contributed by atoms with Crippen molar-refractivity contribution in [1.82, 2.24) is 0 Å². The number of fused-ring (bicyclic) bond motifs is 3. The Morgan fingerprint density at radius 2 is 1.74 bits per heavy atom. The number of aryl methyl sites for hydroxylation is 1. The molecule has 3 rings (SSSR count). The standard InChI is InChI=1S/C17H18N2/c1-4-19(3)17-16-12(2)8-7-10-14(16)13-9-5-6-11-15(13)18-17/h5-11H,4H2,1-3H3/p+1. The Hall–Kier alpha value is -2.09. The molecule has 0 aliphatic rings. The molecule has 0 amide bonds. The van der Waals surface area contributed by atoms with Gasteiger partial charge < -0.3 is 0 Å². The number of H-pyrrole nitrogens is 1. The molecular formula is C17H19N2+. The normalized spacial score (nSPS) is 11.1. The first-order chi connectivity index (χ1) is 9.22. The highest BCUT2D eigenvalue weighted by molar-refractivity contribution is 6.09. The number of rotatable bonds is 2. The van der Waals surface area contributed by atoms with E-state index in [2.05, 4.69) is 73.2 Å². The summed E-state index contributed by atoms with van der Waals surface area (Å²) in [7, 11) is 2.13. The molecule has 19 heavy (non-hydrogen) atoms. The van der Waals surface area contributed by atoms with Crippen molar-refractivity contribution >= 4 is 27.5 Å². The average Bonchev–Trinajstić information content (AvgIpc) is 2.46. The van der Waals surface area contributed by atoms with Crippen LogP contribution in [-0.2, 0) is 0 Å². The van der Waals surface area contributed by atoms with E-state index in [0.717, 1.165) is 6.54 Å². The Labute approximate surface area is 113 Å². The number of nitrogens with zero attached hydrogens (tertiary/aromatic N) is 1. The SMILES string of the molecule is CCN(C)c1[nH+]c2ccccc2c2cccc(C)c12. The van der Waals surface area contributed by atoms with Gasteiger partial charge in [0.25, 0.3) is 5.82 Å². The summed E-state index contributed by atoms with van der Waals surface area (Å²) in [5.41, 5.74) is 2.51. The largest absolute Gasteiger partial charge is 0.282 e. The molecule has 0 fully saturated rings. The highest BCUT2D eigenvalue weighted by atomic mass is 15.2. The van der Waals surface area contributed by atoms with E-state index < -0.39 is 0 Å². The predicted molar refractivity (Wildman–Crippen MR) is 81.7 cm³/mol. The third-order valence-corrected chi connectivity index (χ3v) is 3.84. The molecule has 0 aliphatic heterocycles. The van der Waals surface area contributed by atoms with Gasteiger partial charge in [-0.3, -0.25) is 4.90 Å². The molecule has 0 saturated carbocycles. The maximum absolute atomic E-state index is 3.59. The lowest BCUT2D eigenvalue weighted by Crippen LogP contribution is -2.25. The number of benzene rings is 2. The Kier molecular flexibility index (Phi) is 2.86. The molecule has 1 heterocycles.